The minimum Gasteiger partial charge on any atom is -0.391 e. The molecule has 0 spiro atoms. The highest BCUT2D eigenvalue weighted by Crippen LogP contribution is 1.98. The van der Waals surface area contributed by atoms with E-state index in [1.165, 1.54) is 0 Å². The van der Waals surface area contributed by atoms with Gasteiger partial charge >= 0.3 is 0 Å². The number of rotatable bonds is 5. The summed E-state index contributed by atoms with van der Waals surface area (Å²) in [6.45, 7) is 5.90. The molecule has 0 heterocycles. The summed E-state index contributed by atoms with van der Waals surface area (Å²) in [5, 5.41) is 12.0. The largest absolute Gasteiger partial charge is 0.391 e. The lowest BCUT2D eigenvalue weighted by atomic mass is 10.1. The lowest BCUT2D eigenvalue weighted by Gasteiger charge is -2.15. The molecule has 0 aliphatic rings. The second-order valence-corrected chi connectivity index (χ2v) is 3.80. The number of hydrogen-bond acceptors (Lipinski definition) is 3. The number of hydrogen-bond donors (Lipinski definition) is 3. The molecule has 4 heteroatoms. The molecule has 0 aliphatic heterocycles. The van der Waals surface area contributed by atoms with Gasteiger partial charge in [-0.25, -0.2) is 0 Å². The quantitative estimate of drug-likeness (QED) is 0.562. The molecule has 13 heavy (non-hydrogen) atoms. The summed E-state index contributed by atoms with van der Waals surface area (Å²) in [4.78, 5) is 11.1. The summed E-state index contributed by atoms with van der Waals surface area (Å²) in [7, 11) is 0. The number of nitrogens with one attached hydrogen (secondary N) is 1. The molecule has 0 aromatic rings. The third kappa shape index (κ3) is 6.54. The van der Waals surface area contributed by atoms with Crippen molar-refractivity contribution in [2.45, 2.75) is 39.3 Å². The van der Waals surface area contributed by atoms with E-state index in [1.807, 2.05) is 13.8 Å². The van der Waals surface area contributed by atoms with Crippen LogP contribution in [0, 0.1) is 5.92 Å². The van der Waals surface area contributed by atoms with Gasteiger partial charge in [0.25, 0.3) is 0 Å². The van der Waals surface area contributed by atoms with Crippen molar-refractivity contribution >= 4 is 5.91 Å². The SMILES string of the molecule is CC(N)CC(=O)NCC(O)C(C)C. The van der Waals surface area contributed by atoms with Crippen LogP contribution in [-0.4, -0.2) is 29.7 Å². The Hall–Kier alpha value is -0.610. The summed E-state index contributed by atoms with van der Waals surface area (Å²) in [5.41, 5.74) is 5.44. The van der Waals surface area contributed by atoms with Gasteiger partial charge in [0.15, 0.2) is 0 Å². The van der Waals surface area contributed by atoms with Crippen molar-refractivity contribution in [3.05, 3.63) is 0 Å². The average Bonchev–Trinajstić information content (AvgIpc) is 1.98. The van der Waals surface area contributed by atoms with Crippen LogP contribution in [-0.2, 0) is 4.79 Å². The van der Waals surface area contributed by atoms with Crippen molar-refractivity contribution in [1.82, 2.24) is 5.32 Å². The van der Waals surface area contributed by atoms with Crippen LogP contribution >= 0.6 is 0 Å². The molecule has 78 valence electrons. The fraction of sp³-hybridized carbons (Fsp3) is 0.889. The molecule has 4 N–H and O–H groups in total. The lowest BCUT2D eigenvalue weighted by molar-refractivity contribution is -0.121. The highest BCUT2D eigenvalue weighted by molar-refractivity contribution is 5.76. The summed E-state index contributed by atoms with van der Waals surface area (Å²) < 4.78 is 0. The first kappa shape index (κ1) is 12.4. The van der Waals surface area contributed by atoms with E-state index in [4.69, 9.17) is 5.73 Å². The van der Waals surface area contributed by atoms with Crippen molar-refractivity contribution in [3.8, 4) is 0 Å². The number of carbonyl (C=O) groups is 1. The Labute approximate surface area is 79.5 Å². The topological polar surface area (TPSA) is 75.4 Å². The van der Waals surface area contributed by atoms with Gasteiger partial charge in [-0.2, -0.15) is 0 Å². The standard InChI is InChI=1S/C9H20N2O2/c1-6(2)8(12)5-11-9(13)4-7(3)10/h6-8,12H,4-5,10H2,1-3H3,(H,11,13). The van der Waals surface area contributed by atoms with Gasteiger partial charge < -0.3 is 16.2 Å². The smallest absolute Gasteiger partial charge is 0.221 e. The normalized spacial score (nSPS) is 15.5. The number of amides is 1. The van der Waals surface area contributed by atoms with Crippen LogP contribution in [0.5, 0.6) is 0 Å². The molecule has 0 aromatic carbocycles. The Balaban J connectivity index is 3.58. The molecule has 0 radical (unpaired) electrons. The number of aliphatic hydroxyl groups is 1. The van der Waals surface area contributed by atoms with E-state index in [0.29, 0.717) is 13.0 Å². The Bertz CT molecular complexity index is 158. The molecule has 0 bridgehead atoms. The monoisotopic (exact) mass is 188 g/mol. The summed E-state index contributed by atoms with van der Waals surface area (Å²) >= 11 is 0. The van der Waals surface area contributed by atoms with Gasteiger partial charge in [0.1, 0.15) is 0 Å². The van der Waals surface area contributed by atoms with Crippen LogP contribution < -0.4 is 11.1 Å². The highest BCUT2D eigenvalue weighted by atomic mass is 16.3. The maximum Gasteiger partial charge on any atom is 0.221 e. The van der Waals surface area contributed by atoms with Crippen LogP contribution in [0.1, 0.15) is 27.2 Å². The molecule has 0 rings (SSSR count). The van der Waals surface area contributed by atoms with E-state index in [-0.39, 0.29) is 17.9 Å². The fourth-order valence-corrected chi connectivity index (χ4v) is 0.819. The molecule has 1 amide bonds. The van der Waals surface area contributed by atoms with Crippen LogP contribution in [0.4, 0.5) is 0 Å². The Kier molecular flexibility index (Phi) is 5.66. The molecule has 0 aromatic heterocycles. The first-order valence-corrected chi connectivity index (χ1v) is 4.63. The van der Waals surface area contributed by atoms with E-state index < -0.39 is 6.10 Å². The molecule has 0 fully saturated rings. The van der Waals surface area contributed by atoms with E-state index in [9.17, 15) is 9.90 Å². The van der Waals surface area contributed by atoms with Gasteiger partial charge in [-0.15, -0.1) is 0 Å². The maximum atomic E-state index is 11.1. The highest BCUT2D eigenvalue weighted by Gasteiger charge is 2.11. The van der Waals surface area contributed by atoms with Gasteiger partial charge in [-0.3, -0.25) is 4.79 Å². The van der Waals surface area contributed by atoms with Crippen molar-refractivity contribution in [2.75, 3.05) is 6.54 Å². The Morgan fingerprint density at radius 2 is 2.00 bits per heavy atom. The second-order valence-electron chi connectivity index (χ2n) is 3.80. The van der Waals surface area contributed by atoms with Gasteiger partial charge in [0.2, 0.25) is 5.91 Å². The summed E-state index contributed by atoms with van der Waals surface area (Å²) in [6, 6.07) is -0.129. The molecular formula is C9H20N2O2. The van der Waals surface area contributed by atoms with Gasteiger partial charge in [-0.1, -0.05) is 13.8 Å². The number of carbonyl (C=O) groups excluding carboxylic acids is 1. The van der Waals surface area contributed by atoms with Crippen LogP contribution in [0.15, 0.2) is 0 Å². The first-order valence-electron chi connectivity index (χ1n) is 4.63. The Morgan fingerprint density at radius 3 is 2.38 bits per heavy atom. The van der Waals surface area contributed by atoms with E-state index in [0.717, 1.165) is 0 Å². The Morgan fingerprint density at radius 1 is 1.46 bits per heavy atom. The second kappa shape index (κ2) is 5.94. The van der Waals surface area contributed by atoms with Gasteiger partial charge in [0.05, 0.1) is 6.10 Å². The van der Waals surface area contributed by atoms with Crippen LogP contribution in [0.2, 0.25) is 0 Å². The number of aliphatic hydroxyl groups excluding tert-OH is 1. The zero-order valence-electron chi connectivity index (χ0n) is 8.58. The molecule has 0 saturated carbocycles. The van der Waals surface area contributed by atoms with Crippen molar-refractivity contribution in [3.63, 3.8) is 0 Å². The average molecular weight is 188 g/mol. The minimum absolute atomic E-state index is 0.102. The summed E-state index contributed by atoms with van der Waals surface area (Å²) in [6.07, 6.45) is -0.165. The van der Waals surface area contributed by atoms with E-state index in [1.54, 1.807) is 6.92 Å². The van der Waals surface area contributed by atoms with E-state index in [2.05, 4.69) is 5.32 Å². The van der Waals surface area contributed by atoms with Crippen molar-refractivity contribution in [2.24, 2.45) is 11.7 Å². The zero-order valence-corrected chi connectivity index (χ0v) is 8.58. The molecule has 2 unspecified atom stereocenters. The third-order valence-corrected chi connectivity index (χ3v) is 1.79. The van der Waals surface area contributed by atoms with Crippen LogP contribution in [0.25, 0.3) is 0 Å². The molecular weight excluding hydrogens is 168 g/mol. The van der Waals surface area contributed by atoms with Crippen molar-refractivity contribution < 1.29 is 9.90 Å². The molecule has 0 saturated heterocycles. The molecule has 0 aliphatic carbocycles. The predicted octanol–water partition coefficient (Wildman–Crippen LogP) is -0.143. The maximum absolute atomic E-state index is 11.1. The van der Waals surface area contributed by atoms with Crippen LogP contribution in [0.3, 0.4) is 0 Å². The zero-order chi connectivity index (χ0) is 10.4. The number of nitrogens with two attached hydrogens (primary N) is 1. The first-order chi connectivity index (χ1) is 5.93. The summed E-state index contributed by atoms with van der Waals surface area (Å²) in [5.74, 6) is 0.0605. The third-order valence-electron chi connectivity index (χ3n) is 1.79. The molecule has 2 atom stereocenters. The fourth-order valence-electron chi connectivity index (χ4n) is 0.819. The van der Waals surface area contributed by atoms with Gasteiger partial charge in [0, 0.05) is 19.0 Å². The van der Waals surface area contributed by atoms with Crippen molar-refractivity contribution in [1.29, 1.82) is 0 Å². The predicted molar refractivity (Wildman–Crippen MR) is 52.1 cm³/mol. The lowest BCUT2D eigenvalue weighted by Crippen LogP contribution is -2.37. The minimum atomic E-state index is -0.475. The van der Waals surface area contributed by atoms with Gasteiger partial charge in [-0.05, 0) is 12.8 Å². The van der Waals surface area contributed by atoms with E-state index >= 15 is 0 Å². The molecule has 4 nitrogen and oxygen atoms in total.